The number of ketones is 1. The van der Waals surface area contributed by atoms with Gasteiger partial charge in [-0.05, 0) is 50.1 Å². The topological polar surface area (TPSA) is 68.3 Å². The Morgan fingerprint density at radius 1 is 1.25 bits per heavy atom. The maximum absolute atomic E-state index is 13.2. The number of hydrogen-bond donors (Lipinski definition) is 1. The molecule has 144 valence electrons. The van der Waals surface area contributed by atoms with E-state index in [9.17, 15) is 9.59 Å². The van der Waals surface area contributed by atoms with E-state index in [-0.39, 0.29) is 17.6 Å². The summed E-state index contributed by atoms with van der Waals surface area (Å²) in [5.74, 6) is 0.189. The van der Waals surface area contributed by atoms with Crippen LogP contribution < -0.4 is 10.1 Å². The van der Waals surface area contributed by atoms with E-state index in [1.807, 2.05) is 13.0 Å². The molecule has 0 unspecified atom stereocenters. The summed E-state index contributed by atoms with van der Waals surface area (Å²) in [6.45, 7) is 1.89. The number of nitrogens with one attached hydrogen (secondary N) is 1. The molecule has 1 aromatic heterocycles. The lowest BCUT2D eigenvalue weighted by atomic mass is 9.79. The number of benzene rings is 2. The van der Waals surface area contributed by atoms with E-state index < -0.39 is 0 Å². The van der Waals surface area contributed by atoms with Crippen LogP contribution >= 0.6 is 22.9 Å². The summed E-state index contributed by atoms with van der Waals surface area (Å²) in [6, 6.07) is 8.55. The number of amides is 1. The zero-order valence-corrected chi connectivity index (χ0v) is 17.1. The van der Waals surface area contributed by atoms with Crippen LogP contribution in [0.25, 0.3) is 10.2 Å². The van der Waals surface area contributed by atoms with Crippen molar-refractivity contribution in [3.05, 3.63) is 51.5 Å². The number of carbonyl (C=O) groups excluding carboxylic acids is 2. The zero-order chi connectivity index (χ0) is 19.8. The molecule has 0 radical (unpaired) electrons. The molecule has 2 aromatic carbocycles. The van der Waals surface area contributed by atoms with Crippen molar-refractivity contribution in [2.45, 2.75) is 26.2 Å². The van der Waals surface area contributed by atoms with Gasteiger partial charge in [-0.1, -0.05) is 18.0 Å². The predicted molar refractivity (Wildman–Crippen MR) is 112 cm³/mol. The van der Waals surface area contributed by atoms with Gasteiger partial charge in [-0.25, -0.2) is 4.98 Å². The highest BCUT2D eigenvalue weighted by Crippen LogP contribution is 2.35. The molecule has 0 spiro atoms. The SMILES string of the molecule is COc1ccc2nc(C)sc2c1C(=O)Nc1cc(Cl)ccc1C(=O)C1CCC1. The molecule has 0 atom stereocenters. The summed E-state index contributed by atoms with van der Waals surface area (Å²) in [5, 5.41) is 4.20. The normalized spacial score (nSPS) is 14.0. The molecule has 5 nitrogen and oxygen atoms in total. The molecule has 0 bridgehead atoms. The lowest BCUT2D eigenvalue weighted by Crippen LogP contribution is -2.24. The van der Waals surface area contributed by atoms with Crippen molar-refractivity contribution >= 4 is 50.5 Å². The van der Waals surface area contributed by atoms with Crippen LogP contribution in [0.5, 0.6) is 5.75 Å². The number of anilines is 1. The minimum absolute atomic E-state index is 0.0268. The molecule has 0 aliphatic heterocycles. The Morgan fingerprint density at radius 2 is 2.04 bits per heavy atom. The third-order valence-corrected chi connectivity index (χ3v) is 6.28. The number of halogens is 1. The second kappa shape index (κ2) is 7.53. The van der Waals surface area contributed by atoms with Crippen molar-refractivity contribution in [3.63, 3.8) is 0 Å². The van der Waals surface area contributed by atoms with Gasteiger partial charge in [0.1, 0.15) is 11.3 Å². The summed E-state index contributed by atoms with van der Waals surface area (Å²) in [4.78, 5) is 30.4. The fourth-order valence-electron chi connectivity index (χ4n) is 3.38. The number of carbonyl (C=O) groups is 2. The molecule has 1 amide bonds. The quantitative estimate of drug-likeness (QED) is 0.559. The standard InChI is InChI=1S/C21H19ClN2O3S/c1-11-23-15-8-9-17(27-2)18(20(15)28-11)21(26)24-16-10-13(22)6-7-14(16)19(25)12-4-3-5-12/h6-10,12H,3-5H2,1-2H3,(H,24,26). The highest BCUT2D eigenvalue weighted by molar-refractivity contribution is 7.19. The summed E-state index contributed by atoms with van der Waals surface area (Å²) in [7, 11) is 1.52. The Morgan fingerprint density at radius 3 is 2.71 bits per heavy atom. The Labute approximate surface area is 171 Å². The highest BCUT2D eigenvalue weighted by atomic mass is 35.5. The Kier molecular flexibility index (Phi) is 5.08. The van der Waals surface area contributed by atoms with Crippen molar-refractivity contribution < 1.29 is 14.3 Å². The van der Waals surface area contributed by atoms with Crippen molar-refractivity contribution in [1.82, 2.24) is 4.98 Å². The van der Waals surface area contributed by atoms with Crippen LogP contribution in [0.3, 0.4) is 0 Å². The number of aromatic nitrogens is 1. The minimum atomic E-state index is -0.351. The average molecular weight is 415 g/mol. The van der Waals surface area contributed by atoms with Crippen molar-refractivity contribution in [1.29, 1.82) is 0 Å². The molecule has 3 aromatic rings. The van der Waals surface area contributed by atoms with E-state index in [1.54, 1.807) is 24.3 Å². The first-order valence-electron chi connectivity index (χ1n) is 9.07. The number of aryl methyl sites for hydroxylation is 1. The monoisotopic (exact) mass is 414 g/mol. The Balaban J connectivity index is 1.74. The number of rotatable bonds is 5. The highest BCUT2D eigenvalue weighted by Gasteiger charge is 2.29. The summed E-state index contributed by atoms with van der Waals surface area (Å²) < 4.78 is 6.17. The van der Waals surface area contributed by atoms with Gasteiger partial charge >= 0.3 is 0 Å². The molecule has 28 heavy (non-hydrogen) atoms. The number of thiazole rings is 1. The van der Waals surface area contributed by atoms with Crippen LogP contribution in [0.4, 0.5) is 5.69 Å². The molecule has 1 aliphatic carbocycles. The molecule has 7 heteroatoms. The minimum Gasteiger partial charge on any atom is -0.496 e. The van der Waals surface area contributed by atoms with Gasteiger partial charge in [0.15, 0.2) is 5.78 Å². The van der Waals surface area contributed by atoms with E-state index >= 15 is 0 Å². The van der Waals surface area contributed by atoms with E-state index in [1.165, 1.54) is 18.4 Å². The van der Waals surface area contributed by atoms with E-state index in [0.29, 0.717) is 27.6 Å². The Hall–Kier alpha value is -2.44. The summed E-state index contributed by atoms with van der Waals surface area (Å²) in [5.41, 5.74) is 2.07. The van der Waals surface area contributed by atoms with Gasteiger partial charge in [0.05, 0.1) is 28.0 Å². The average Bonchev–Trinajstić information content (AvgIpc) is 2.99. The lowest BCUT2D eigenvalue weighted by Gasteiger charge is -2.25. The van der Waals surface area contributed by atoms with Crippen LogP contribution in [0.2, 0.25) is 5.02 Å². The molecule has 1 fully saturated rings. The third-order valence-electron chi connectivity index (χ3n) is 5.04. The molecule has 1 saturated carbocycles. The molecular weight excluding hydrogens is 396 g/mol. The van der Waals surface area contributed by atoms with Crippen LogP contribution in [0, 0.1) is 12.8 Å². The molecule has 0 saturated heterocycles. The predicted octanol–water partition coefficient (Wildman–Crippen LogP) is 5.50. The zero-order valence-electron chi connectivity index (χ0n) is 15.5. The second-order valence-corrected chi connectivity index (χ2v) is 8.50. The largest absolute Gasteiger partial charge is 0.496 e. The van der Waals surface area contributed by atoms with Gasteiger partial charge < -0.3 is 10.1 Å². The number of nitrogens with zero attached hydrogens (tertiary/aromatic N) is 1. The van der Waals surface area contributed by atoms with E-state index in [4.69, 9.17) is 16.3 Å². The summed E-state index contributed by atoms with van der Waals surface area (Å²) >= 11 is 7.57. The van der Waals surface area contributed by atoms with E-state index in [2.05, 4.69) is 10.3 Å². The van der Waals surface area contributed by atoms with E-state index in [0.717, 1.165) is 34.5 Å². The van der Waals surface area contributed by atoms with Crippen molar-refractivity contribution in [2.24, 2.45) is 5.92 Å². The fraction of sp³-hybridized carbons (Fsp3) is 0.286. The van der Waals surface area contributed by atoms with Gasteiger partial charge in [-0.2, -0.15) is 0 Å². The second-order valence-electron chi connectivity index (χ2n) is 6.86. The number of hydrogen-bond acceptors (Lipinski definition) is 5. The smallest absolute Gasteiger partial charge is 0.260 e. The van der Waals surface area contributed by atoms with Gasteiger partial charge in [0, 0.05) is 16.5 Å². The molecule has 4 rings (SSSR count). The molecule has 1 heterocycles. The van der Waals surface area contributed by atoms with Crippen LogP contribution in [0.1, 0.15) is 45.0 Å². The van der Waals surface area contributed by atoms with Gasteiger partial charge in [0.2, 0.25) is 0 Å². The number of ether oxygens (including phenoxy) is 1. The van der Waals surface area contributed by atoms with Crippen LogP contribution in [-0.2, 0) is 0 Å². The van der Waals surface area contributed by atoms with Gasteiger partial charge in [-0.15, -0.1) is 11.3 Å². The first kappa shape index (κ1) is 18.9. The van der Waals surface area contributed by atoms with Crippen molar-refractivity contribution in [3.8, 4) is 5.75 Å². The number of fused-ring (bicyclic) bond motifs is 1. The molecule has 1 N–H and O–H groups in total. The number of Topliss-reactive ketones (excluding diaryl/α,β-unsaturated/α-hetero) is 1. The lowest BCUT2D eigenvalue weighted by molar-refractivity contribution is 0.0856. The summed E-state index contributed by atoms with van der Waals surface area (Å²) in [6.07, 6.45) is 2.85. The fourth-order valence-corrected chi connectivity index (χ4v) is 4.51. The van der Waals surface area contributed by atoms with Crippen molar-refractivity contribution in [2.75, 3.05) is 12.4 Å². The first-order chi connectivity index (χ1) is 13.5. The molecule has 1 aliphatic rings. The Bertz CT molecular complexity index is 1090. The maximum atomic E-state index is 13.2. The van der Waals surface area contributed by atoms with Gasteiger partial charge in [0.25, 0.3) is 5.91 Å². The van der Waals surface area contributed by atoms with Crippen LogP contribution in [0.15, 0.2) is 30.3 Å². The molecular formula is C21H19ClN2O3S. The first-order valence-corrected chi connectivity index (χ1v) is 10.3. The maximum Gasteiger partial charge on any atom is 0.260 e. The number of methoxy groups -OCH3 is 1. The van der Waals surface area contributed by atoms with Gasteiger partial charge in [-0.3, -0.25) is 9.59 Å². The van der Waals surface area contributed by atoms with Crippen LogP contribution in [-0.4, -0.2) is 23.8 Å². The third kappa shape index (κ3) is 3.38.